The third-order valence-electron chi connectivity index (χ3n) is 5.37. The number of pyridine rings is 1. The van der Waals surface area contributed by atoms with Crippen LogP contribution in [-0.2, 0) is 6.42 Å². The number of H-pyrrole nitrogens is 1. The number of carbonyl (C=O) groups excluding carboxylic acids is 1. The number of aromatic amines is 1. The molecule has 1 atom stereocenters. The van der Waals surface area contributed by atoms with Crippen LogP contribution in [-0.4, -0.2) is 40.0 Å². The minimum atomic E-state index is 0.0245. The molecule has 0 saturated carbocycles. The minimum absolute atomic E-state index is 0.0245. The molecule has 144 valence electrons. The summed E-state index contributed by atoms with van der Waals surface area (Å²) >= 11 is 0. The van der Waals surface area contributed by atoms with Crippen molar-refractivity contribution in [1.29, 1.82) is 0 Å². The lowest BCUT2D eigenvalue weighted by molar-refractivity contribution is 0.199. The lowest BCUT2D eigenvalue weighted by atomic mass is 10.00. The Hall–Kier alpha value is -3.08. The molecule has 0 radical (unpaired) electrons. The Kier molecular flexibility index (Phi) is 5.42. The summed E-state index contributed by atoms with van der Waals surface area (Å²) in [6.45, 7) is 3.44. The van der Waals surface area contributed by atoms with Crippen molar-refractivity contribution < 1.29 is 4.79 Å². The van der Waals surface area contributed by atoms with E-state index in [0.29, 0.717) is 6.54 Å². The highest BCUT2D eigenvalue weighted by Gasteiger charge is 2.20. The number of hydrogen-bond donors (Lipinski definition) is 2. The molecule has 0 aliphatic carbocycles. The number of nitrogens with zero attached hydrogens (tertiary/aromatic N) is 2. The standard InChI is InChI=1S/C23H26N4O/c1-17(9-10-18-6-3-2-4-7-18)26-23(28)27-14-11-19(12-15-27)21-16-25-22-20(21)8-5-13-24-22/h2-8,11,13,16-17H,9-10,12,14-15H2,1H3,(H,24,25)(H,26,28)/t17-/m1/s1. The van der Waals surface area contributed by atoms with Crippen molar-refractivity contribution in [2.24, 2.45) is 0 Å². The van der Waals surface area contributed by atoms with Crippen molar-refractivity contribution in [1.82, 2.24) is 20.2 Å². The van der Waals surface area contributed by atoms with E-state index < -0.39 is 0 Å². The fraction of sp³-hybridized carbons (Fsp3) is 0.304. The van der Waals surface area contributed by atoms with Crippen LogP contribution < -0.4 is 5.32 Å². The van der Waals surface area contributed by atoms with Gasteiger partial charge in [0.05, 0.1) is 0 Å². The van der Waals surface area contributed by atoms with Crippen molar-refractivity contribution >= 4 is 22.6 Å². The summed E-state index contributed by atoms with van der Waals surface area (Å²) in [5.74, 6) is 0. The van der Waals surface area contributed by atoms with Gasteiger partial charge >= 0.3 is 6.03 Å². The van der Waals surface area contributed by atoms with Crippen molar-refractivity contribution in [3.8, 4) is 0 Å². The van der Waals surface area contributed by atoms with E-state index in [1.54, 1.807) is 6.20 Å². The zero-order chi connectivity index (χ0) is 19.3. The average Bonchev–Trinajstić information content (AvgIpc) is 3.17. The van der Waals surface area contributed by atoms with Gasteiger partial charge in [-0.2, -0.15) is 0 Å². The molecule has 0 saturated heterocycles. The highest BCUT2D eigenvalue weighted by Crippen LogP contribution is 2.28. The first-order chi connectivity index (χ1) is 13.7. The topological polar surface area (TPSA) is 61.0 Å². The highest BCUT2D eigenvalue weighted by atomic mass is 16.2. The molecule has 2 aromatic heterocycles. The summed E-state index contributed by atoms with van der Waals surface area (Å²) in [5, 5.41) is 4.28. The normalized spacial score (nSPS) is 15.3. The molecule has 3 heterocycles. The van der Waals surface area contributed by atoms with Gasteiger partial charge in [0.25, 0.3) is 0 Å². The van der Waals surface area contributed by atoms with Gasteiger partial charge in [-0.3, -0.25) is 0 Å². The largest absolute Gasteiger partial charge is 0.346 e. The molecular formula is C23H26N4O. The number of rotatable bonds is 5. The van der Waals surface area contributed by atoms with Gasteiger partial charge < -0.3 is 15.2 Å². The first kappa shape index (κ1) is 18.3. The quantitative estimate of drug-likeness (QED) is 0.696. The number of aryl methyl sites for hydroxylation is 1. The number of carbonyl (C=O) groups is 1. The molecule has 5 heteroatoms. The summed E-state index contributed by atoms with van der Waals surface area (Å²) in [5.41, 5.74) is 4.69. The van der Waals surface area contributed by atoms with E-state index in [1.807, 2.05) is 23.2 Å². The van der Waals surface area contributed by atoms with Crippen LogP contribution in [0, 0.1) is 0 Å². The smallest absolute Gasteiger partial charge is 0.317 e. The molecule has 1 aliphatic heterocycles. The van der Waals surface area contributed by atoms with Gasteiger partial charge in [-0.05, 0) is 49.5 Å². The Morgan fingerprint density at radius 1 is 1.25 bits per heavy atom. The van der Waals surface area contributed by atoms with Gasteiger partial charge in [-0.25, -0.2) is 9.78 Å². The van der Waals surface area contributed by atoms with Gasteiger partial charge in [0.1, 0.15) is 5.65 Å². The minimum Gasteiger partial charge on any atom is -0.346 e. The zero-order valence-electron chi connectivity index (χ0n) is 16.2. The maximum Gasteiger partial charge on any atom is 0.317 e. The third kappa shape index (κ3) is 4.09. The molecule has 2 amide bonds. The van der Waals surface area contributed by atoms with E-state index in [2.05, 4.69) is 58.6 Å². The van der Waals surface area contributed by atoms with Crippen LogP contribution in [0.3, 0.4) is 0 Å². The molecule has 0 fully saturated rings. The second kappa shape index (κ2) is 8.30. The van der Waals surface area contributed by atoms with Crippen LogP contribution >= 0.6 is 0 Å². The van der Waals surface area contributed by atoms with Crippen LogP contribution in [0.2, 0.25) is 0 Å². The molecular weight excluding hydrogens is 348 g/mol. The second-order valence-electron chi connectivity index (χ2n) is 7.40. The summed E-state index contributed by atoms with van der Waals surface area (Å²) in [6, 6.07) is 14.6. The van der Waals surface area contributed by atoms with E-state index >= 15 is 0 Å². The molecule has 0 unspecified atom stereocenters. The van der Waals surface area contributed by atoms with E-state index in [1.165, 1.54) is 16.7 Å². The van der Waals surface area contributed by atoms with Crippen LogP contribution in [0.25, 0.3) is 16.6 Å². The monoisotopic (exact) mass is 374 g/mol. The summed E-state index contributed by atoms with van der Waals surface area (Å²) in [4.78, 5) is 22.1. The molecule has 3 aromatic rings. The van der Waals surface area contributed by atoms with Gasteiger partial charge in [0.15, 0.2) is 0 Å². The molecule has 1 aliphatic rings. The summed E-state index contributed by atoms with van der Waals surface area (Å²) in [7, 11) is 0. The first-order valence-corrected chi connectivity index (χ1v) is 9.91. The molecule has 4 rings (SSSR count). The fourth-order valence-electron chi connectivity index (χ4n) is 3.72. The van der Waals surface area contributed by atoms with Crippen LogP contribution in [0.5, 0.6) is 0 Å². The van der Waals surface area contributed by atoms with Crippen molar-refractivity contribution in [2.75, 3.05) is 13.1 Å². The Balaban J connectivity index is 1.32. The SMILES string of the molecule is C[C@H](CCc1ccccc1)NC(=O)N1CC=C(c2c[nH]c3ncccc23)CC1. The fourth-order valence-corrected chi connectivity index (χ4v) is 3.72. The molecule has 2 N–H and O–H groups in total. The first-order valence-electron chi connectivity index (χ1n) is 9.91. The number of amides is 2. The van der Waals surface area contributed by atoms with Crippen LogP contribution in [0.15, 0.2) is 60.9 Å². The Morgan fingerprint density at radius 2 is 2.11 bits per heavy atom. The van der Waals surface area contributed by atoms with E-state index in [9.17, 15) is 4.79 Å². The maximum absolute atomic E-state index is 12.6. The van der Waals surface area contributed by atoms with Gasteiger partial charge in [0.2, 0.25) is 0 Å². The molecule has 1 aromatic carbocycles. The number of benzene rings is 1. The molecule has 0 bridgehead atoms. The number of fused-ring (bicyclic) bond motifs is 1. The Morgan fingerprint density at radius 3 is 2.89 bits per heavy atom. The number of aromatic nitrogens is 2. The highest BCUT2D eigenvalue weighted by molar-refractivity contribution is 5.91. The number of urea groups is 1. The molecule has 28 heavy (non-hydrogen) atoms. The Labute approximate surface area is 165 Å². The van der Waals surface area contributed by atoms with Crippen LogP contribution in [0.1, 0.15) is 30.9 Å². The average molecular weight is 374 g/mol. The van der Waals surface area contributed by atoms with Gasteiger partial charge in [-0.1, -0.05) is 36.4 Å². The zero-order valence-corrected chi connectivity index (χ0v) is 16.2. The van der Waals surface area contributed by atoms with Gasteiger partial charge in [-0.15, -0.1) is 0 Å². The van der Waals surface area contributed by atoms with E-state index in [0.717, 1.165) is 36.8 Å². The third-order valence-corrected chi connectivity index (χ3v) is 5.37. The number of nitrogens with one attached hydrogen (secondary N) is 2. The number of hydrogen-bond acceptors (Lipinski definition) is 2. The summed E-state index contributed by atoms with van der Waals surface area (Å²) < 4.78 is 0. The van der Waals surface area contributed by atoms with Crippen molar-refractivity contribution in [3.05, 3.63) is 72.1 Å². The van der Waals surface area contributed by atoms with Crippen molar-refractivity contribution in [2.45, 2.75) is 32.2 Å². The lowest BCUT2D eigenvalue weighted by Crippen LogP contribution is -2.45. The van der Waals surface area contributed by atoms with Crippen molar-refractivity contribution in [3.63, 3.8) is 0 Å². The lowest BCUT2D eigenvalue weighted by Gasteiger charge is -2.28. The van der Waals surface area contributed by atoms with Crippen LogP contribution in [0.4, 0.5) is 4.79 Å². The van der Waals surface area contributed by atoms with E-state index in [4.69, 9.17) is 0 Å². The molecule has 5 nitrogen and oxygen atoms in total. The Bertz CT molecular complexity index is 976. The predicted molar refractivity (Wildman–Crippen MR) is 113 cm³/mol. The van der Waals surface area contributed by atoms with E-state index in [-0.39, 0.29) is 12.1 Å². The maximum atomic E-state index is 12.6. The predicted octanol–water partition coefficient (Wildman–Crippen LogP) is 4.38. The second-order valence-corrected chi connectivity index (χ2v) is 7.40. The molecule has 0 spiro atoms. The summed E-state index contributed by atoms with van der Waals surface area (Å²) in [6.07, 6.45) is 8.74. The van der Waals surface area contributed by atoms with Gasteiger partial charge in [0, 0.05) is 42.5 Å².